The van der Waals surface area contributed by atoms with Gasteiger partial charge in [0.15, 0.2) is 11.5 Å². The van der Waals surface area contributed by atoms with Gasteiger partial charge in [0.2, 0.25) is 0 Å². The van der Waals surface area contributed by atoms with E-state index in [0.29, 0.717) is 23.7 Å². The Kier molecular flexibility index (Phi) is 7.95. The van der Waals surface area contributed by atoms with Crippen LogP contribution in [-0.4, -0.2) is 26.8 Å². The van der Waals surface area contributed by atoms with Crippen molar-refractivity contribution in [2.24, 2.45) is 0 Å². The fourth-order valence-corrected chi connectivity index (χ4v) is 2.00. The number of carbonyl (C=O) groups excluding carboxylic acids is 1. The van der Waals surface area contributed by atoms with Crippen LogP contribution in [0.2, 0.25) is 0 Å². The van der Waals surface area contributed by atoms with Gasteiger partial charge in [0.1, 0.15) is 6.61 Å². The Morgan fingerprint density at radius 1 is 1.09 bits per heavy atom. The highest BCUT2D eigenvalue weighted by molar-refractivity contribution is 5.90. The van der Waals surface area contributed by atoms with Gasteiger partial charge in [-0.15, -0.1) is 0 Å². The van der Waals surface area contributed by atoms with E-state index in [-0.39, 0.29) is 0 Å². The highest BCUT2D eigenvalue weighted by Crippen LogP contribution is 2.28. The molecule has 0 bridgehead atoms. The minimum Gasteiger partial charge on any atom is -0.493 e. The molecule has 126 valence electrons. The van der Waals surface area contributed by atoms with E-state index in [9.17, 15) is 4.79 Å². The Balaban J connectivity index is 2.63. The van der Waals surface area contributed by atoms with Crippen molar-refractivity contribution in [1.82, 2.24) is 0 Å². The second-order valence-electron chi connectivity index (χ2n) is 5.54. The van der Waals surface area contributed by atoms with Gasteiger partial charge in [0.05, 0.1) is 19.8 Å². The van der Waals surface area contributed by atoms with Crippen molar-refractivity contribution in [2.45, 2.75) is 33.6 Å². The number of methoxy groups -OCH3 is 2. The first kappa shape index (κ1) is 18.8. The van der Waals surface area contributed by atoms with Gasteiger partial charge < -0.3 is 14.2 Å². The number of esters is 1. The van der Waals surface area contributed by atoms with E-state index in [1.807, 2.05) is 0 Å². The second-order valence-corrected chi connectivity index (χ2v) is 5.54. The van der Waals surface area contributed by atoms with E-state index in [1.54, 1.807) is 25.3 Å². The summed E-state index contributed by atoms with van der Waals surface area (Å²) in [6.45, 7) is 6.77. The zero-order chi connectivity index (χ0) is 17.2. The molecule has 0 saturated carbocycles. The molecule has 1 aromatic rings. The maximum atomic E-state index is 11.5. The molecule has 0 N–H and O–H groups in total. The first-order valence-corrected chi connectivity index (χ1v) is 7.66. The molecule has 0 aliphatic rings. The lowest BCUT2D eigenvalue weighted by atomic mass is 10.1. The Morgan fingerprint density at radius 2 is 1.83 bits per heavy atom. The average Bonchev–Trinajstić information content (AvgIpc) is 2.53. The van der Waals surface area contributed by atoms with Crippen LogP contribution < -0.4 is 9.47 Å². The predicted octanol–water partition coefficient (Wildman–Crippen LogP) is 4.55. The molecule has 0 unspecified atom stereocenters. The molecule has 1 rings (SSSR count). The summed E-state index contributed by atoms with van der Waals surface area (Å²) in [6, 6.07) is 5.00. The maximum absolute atomic E-state index is 11.5. The number of hydrogen-bond donors (Lipinski definition) is 0. The lowest BCUT2D eigenvalue weighted by Crippen LogP contribution is -2.03. The number of hydrogen-bond acceptors (Lipinski definition) is 4. The van der Waals surface area contributed by atoms with Crippen LogP contribution in [0.4, 0.5) is 0 Å². The molecular weight excluding hydrogens is 292 g/mol. The van der Waals surface area contributed by atoms with Crippen molar-refractivity contribution in [3.63, 3.8) is 0 Å². The first-order chi connectivity index (χ1) is 11.0. The summed E-state index contributed by atoms with van der Waals surface area (Å²) >= 11 is 0. The lowest BCUT2D eigenvalue weighted by molar-refractivity contribution is 0.0600. The molecule has 0 aliphatic carbocycles. The Bertz CT molecular complexity index is 581. The Morgan fingerprint density at radius 3 is 2.43 bits per heavy atom. The Labute approximate surface area is 138 Å². The molecule has 0 saturated heterocycles. The van der Waals surface area contributed by atoms with Gasteiger partial charge in [-0.3, -0.25) is 0 Å². The summed E-state index contributed by atoms with van der Waals surface area (Å²) in [7, 11) is 2.89. The molecule has 4 nitrogen and oxygen atoms in total. The van der Waals surface area contributed by atoms with Crippen molar-refractivity contribution < 1.29 is 19.0 Å². The van der Waals surface area contributed by atoms with Crippen molar-refractivity contribution in [3.8, 4) is 11.5 Å². The van der Waals surface area contributed by atoms with Crippen molar-refractivity contribution in [2.75, 3.05) is 20.8 Å². The normalized spacial score (nSPS) is 10.9. The van der Waals surface area contributed by atoms with E-state index in [1.165, 1.54) is 18.3 Å². The fourth-order valence-electron chi connectivity index (χ4n) is 2.00. The van der Waals surface area contributed by atoms with Gasteiger partial charge in [-0.25, -0.2) is 4.79 Å². The van der Waals surface area contributed by atoms with Crippen molar-refractivity contribution in [3.05, 3.63) is 47.1 Å². The summed E-state index contributed by atoms with van der Waals surface area (Å²) < 4.78 is 15.7. The molecule has 4 heteroatoms. The molecule has 0 atom stereocenters. The molecule has 0 amide bonds. The monoisotopic (exact) mass is 318 g/mol. The van der Waals surface area contributed by atoms with Gasteiger partial charge in [0, 0.05) is 0 Å². The zero-order valence-electron chi connectivity index (χ0n) is 14.6. The van der Waals surface area contributed by atoms with Crippen LogP contribution in [0.3, 0.4) is 0 Å². The first-order valence-electron chi connectivity index (χ1n) is 7.66. The molecule has 23 heavy (non-hydrogen) atoms. The number of rotatable bonds is 8. The highest BCUT2D eigenvalue weighted by atomic mass is 16.5. The van der Waals surface area contributed by atoms with Crippen LogP contribution in [0, 0.1) is 0 Å². The zero-order valence-corrected chi connectivity index (χ0v) is 14.6. The van der Waals surface area contributed by atoms with Crippen LogP contribution in [0.25, 0.3) is 0 Å². The van der Waals surface area contributed by atoms with Gasteiger partial charge in [-0.1, -0.05) is 17.2 Å². The van der Waals surface area contributed by atoms with Crippen LogP contribution in [0.5, 0.6) is 11.5 Å². The Hall–Kier alpha value is -2.23. The van der Waals surface area contributed by atoms with Crippen molar-refractivity contribution in [1.29, 1.82) is 0 Å². The number of ether oxygens (including phenoxy) is 3. The molecule has 0 aromatic heterocycles. The molecule has 0 spiro atoms. The van der Waals surface area contributed by atoms with E-state index >= 15 is 0 Å². The third-order valence-electron chi connectivity index (χ3n) is 3.35. The third-order valence-corrected chi connectivity index (χ3v) is 3.35. The lowest BCUT2D eigenvalue weighted by Gasteiger charge is -2.11. The summed E-state index contributed by atoms with van der Waals surface area (Å²) in [5, 5.41) is 0. The van der Waals surface area contributed by atoms with E-state index in [0.717, 1.165) is 12.8 Å². The number of carbonyl (C=O) groups is 1. The van der Waals surface area contributed by atoms with E-state index in [2.05, 4.69) is 32.9 Å². The van der Waals surface area contributed by atoms with E-state index < -0.39 is 5.97 Å². The van der Waals surface area contributed by atoms with Gasteiger partial charge in [0.25, 0.3) is 0 Å². The minimum atomic E-state index is -0.398. The van der Waals surface area contributed by atoms with Gasteiger partial charge >= 0.3 is 5.97 Å². The second kappa shape index (κ2) is 9.72. The average molecular weight is 318 g/mol. The van der Waals surface area contributed by atoms with Gasteiger partial charge in [-0.05, 0) is 57.9 Å². The number of allylic oxidation sites excluding steroid dienone is 3. The van der Waals surface area contributed by atoms with Crippen LogP contribution in [0.1, 0.15) is 44.0 Å². The van der Waals surface area contributed by atoms with E-state index in [4.69, 9.17) is 14.2 Å². The fraction of sp³-hybridized carbons (Fsp3) is 0.421. The molecular formula is C19H26O4. The smallest absolute Gasteiger partial charge is 0.337 e. The molecule has 1 aromatic carbocycles. The van der Waals surface area contributed by atoms with Gasteiger partial charge in [-0.2, -0.15) is 0 Å². The van der Waals surface area contributed by atoms with Crippen LogP contribution in [0.15, 0.2) is 41.5 Å². The number of benzene rings is 1. The summed E-state index contributed by atoms with van der Waals surface area (Å²) in [5.41, 5.74) is 3.06. The molecule has 0 heterocycles. The molecule has 0 radical (unpaired) electrons. The summed E-state index contributed by atoms with van der Waals surface area (Å²) in [6.07, 6.45) is 6.36. The van der Waals surface area contributed by atoms with Crippen molar-refractivity contribution >= 4 is 5.97 Å². The third kappa shape index (κ3) is 6.59. The summed E-state index contributed by atoms with van der Waals surface area (Å²) in [4.78, 5) is 11.5. The molecule has 0 aliphatic heterocycles. The quantitative estimate of drug-likeness (QED) is 0.521. The standard InChI is InChI=1S/C19H26O4/c1-14(2)7-6-8-15(3)11-12-23-17-10-9-16(19(20)22-5)13-18(17)21-4/h7,9-11,13H,6,8,12H2,1-5H3. The maximum Gasteiger partial charge on any atom is 0.337 e. The summed E-state index contributed by atoms with van der Waals surface area (Å²) in [5.74, 6) is 0.724. The van der Waals surface area contributed by atoms with Crippen LogP contribution >= 0.6 is 0 Å². The SMILES string of the molecule is COC(=O)c1ccc(OCC=C(C)CCC=C(C)C)c(OC)c1. The minimum absolute atomic E-state index is 0.398. The molecule has 0 fully saturated rings. The van der Waals surface area contributed by atoms with Crippen LogP contribution in [-0.2, 0) is 4.74 Å². The largest absolute Gasteiger partial charge is 0.493 e. The predicted molar refractivity (Wildman–Crippen MR) is 92.3 cm³/mol. The highest BCUT2D eigenvalue weighted by Gasteiger charge is 2.10. The topological polar surface area (TPSA) is 44.8 Å².